The van der Waals surface area contributed by atoms with Gasteiger partial charge in [-0.25, -0.2) is 0 Å². The molecule has 0 amide bonds. The van der Waals surface area contributed by atoms with Crippen molar-refractivity contribution in [2.24, 2.45) is 5.73 Å². The highest BCUT2D eigenvalue weighted by molar-refractivity contribution is 6.33. The van der Waals surface area contributed by atoms with Crippen molar-refractivity contribution >= 4 is 17.3 Å². The Morgan fingerprint density at radius 2 is 2.08 bits per heavy atom. The van der Waals surface area contributed by atoms with Crippen LogP contribution in [0.2, 0.25) is 5.02 Å². The second-order valence-electron chi connectivity index (χ2n) is 3.65. The SMILES string of the molecule is Nc1cc2c(cc1Cl)C[C@@H](N)CC2. The molecule has 0 saturated heterocycles. The molecule has 0 heterocycles. The van der Waals surface area contributed by atoms with E-state index in [0.717, 1.165) is 19.3 Å². The first-order chi connectivity index (χ1) is 6.16. The molecule has 13 heavy (non-hydrogen) atoms. The maximum atomic E-state index is 5.93. The smallest absolute Gasteiger partial charge is 0.0638 e. The molecule has 70 valence electrons. The van der Waals surface area contributed by atoms with Gasteiger partial charge in [0.05, 0.1) is 10.7 Å². The van der Waals surface area contributed by atoms with Crippen molar-refractivity contribution in [3.8, 4) is 0 Å². The molecule has 1 aliphatic carbocycles. The fourth-order valence-electron chi connectivity index (χ4n) is 1.83. The molecule has 0 radical (unpaired) electrons. The number of nitrogen functional groups attached to an aromatic ring is 1. The van der Waals surface area contributed by atoms with Gasteiger partial charge >= 0.3 is 0 Å². The van der Waals surface area contributed by atoms with Gasteiger partial charge in [0.2, 0.25) is 0 Å². The van der Waals surface area contributed by atoms with Crippen LogP contribution >= 0.6 is 11.6 Å². The molecule has 0 aromatic heterocycles. The van der Waals surface area contributed by atoms with E-state index in [1.165, 1.54) is 11.1 Å². The quantitative estimate of drug-likeness (QED) is 0.621. The summed E-state index contributed by atoms with van der Waals surface area (Å²) in [6.07, 6.45) is 3.00. The molecule has 4 N–H and O–H groups in total. The molecule has 1 atom stereocenters. The highest BCUT2D eigenvalue weighted by Gasteiger charge is 2.16. The zero-order valence-corrected chi connectivity index (χ0v) is 8.14. The fraction of sp³-hybridized carbons (Fsp3) is 0.400. The molecule has 3 heteroatoms. The summed E-state index contributed by atoms with van der Waals surface area (Å²) in [6, 6.07) is 4.21. The number of halogens is 1. The largest absolute Gasteiger partial charge is 0.398 e. The molecule has 0 unspecified atom stereocenters. The molecule has 0 bridgehead atoms. The van der Waals surface area contributed by atoms with Crippen LogP contribution in [0.5, 0.6) is 0 Å². The molecule has 0 saturated carbocycles. The summed E-state index contributed by atoms with van der Waals surface area (Å²) >= 11 is 5.93. The summed E-state index contributed by atoms with van der Waals surface area (Å²) in [7, 11) is 0. The summed E-state index contributed by atoms with van der Waals surface area (Å²) in [5.74, 6) is 0. The normalized spacial score (nSPS) is 21.2. The lowest BCUT2D eigenvalue weighted by molar-refractivity contribution is 0.577. The Balaban J connectivity index is 2.43. The van der Waals surface area contributed by atoms with Gasteiger partial charge in [-0.2, -0.15) is 0 Å². The van der Waals surface area contributed by atoms with Crippen molar-refractivity contribution in [2.75, 3.05) is 5.73 Å². The monoisotopic (exact) mass is 196 g/mol. The Morgan fingerprint density at radius 1 is 1.31 bits per heavy atom. The maximum absolute atomic E-state index is 5.93. The van der Waals surface area contributed by atoms with E-state index in [9.17, 15) is 0 Å². The van der Waals surface area contributed by atoms with Gasteiger partial charge < -0.3 is 11.5 Å². The zero-order valence-electron chi connectivity index (χ0n) is 7.39. The number of nitrogens with two attached hydrogens (primary N) is 2. The number of benzene rings is 1. The van der Waals surface area contributed by atoms with Crippen LogP contribution in [-0.4, -0.2) is 6.04 Å². The highest BCUT2D eigenvalue weighted by Crippen LogP contribution is 2.28. The van der Waals surface area contributed by atoms with E-state index in [1.54, 1.807) is 0 Å². The summed E-state index contributed by atoms with van der Waals surface area (Å²) in [5.41, 5.74) is 14.8. The number of fused-ring (bicyclic) bond motifs is 1. The van der Waals surface area contributed by atoms with Gasteiger partial charge in [0.1, 0.15) is 0 Å². The highest BCUT2D eigenvalue weighted by atomic mass is 35.5. The Morgan fingerprint density at radius 3 is 2.85 bits per heavy atom. The second-order valence-corrected chi connectivity index (χ2v) is 4.05. The minimum absolute atomic E-state index is 0.284. The molecular formula is C10H13ClN2. The van der Waals surface area contributed by atoms with Gasteiger partial charge in [-0.3, -0.25) is 0 Å². The van der Waals surface area contributed by atoms with Crippen LogP contribution in [0.3, 0.4) is 0 Å². The number of hydrogen-bond acceptors (Lipinski definition) is 2. The minimum atomic E-state index is 0.284. The van der Waals surface area contributed by atoms with Crippen molar-refractivity contribution in [2.45, 2.75) is 25.3 Å². The van der Waals surface area contributed by atoms with Gasteiger partial charge in [0, 0.05) is 6.04 Å². The first-order valence-electron chi connectivity index (χ1n) is 4.49. The minimum Gasteiger partial charge on any atom is -0.398 e. The standard InChI is InChI=1S/C10H13ClN2/c11-9-4-7-3-8(12)2-1-6(7)5-10(9)13/h4-5,8H,1-3,12-13H2/t8-/m0/s1. The molecule has 0 spiro atoms. The van der Waals surface area contributed by atoms with Crippen molar-refractivity contribution in [1.29, 1.82) is 0 Å². The Labute approximate surface area is 82.9 Å². The predicted octanol–water partition coefficient (Wildman–Crippen LogP) is 1.74. The second kappa shape index (κ2) is 3.20. The lowest BCUT2D eigenvalue weighted by Crippen LogP contribution is -2.27. The lowest BCUT2D eigenvalue weighted by Gasteiger charge is -2.21. The van der Waals surface area contributed by atoms with Crippen LogP contribution in [0, 0.1) is 0 Å². The van der Waals surface area contributed by atoms with Crippen LogP contribution < -0.4 is 11.5 Å². The molecule has 0 aliphatic heterocycles. The van der Waals surface area contributed by atoms with E-state index in [-0.39, 0.29) is 6.04 Å². The third-order valence-corrected chi connectivity index (χ3v) is 2.91. The summed E-state index contributed by atoms with van der Waals surface area (Å²) in [5, 5.41) is 0.646. The van der Waals surface area contributed by atoms with E-state index in [1.807, 2.05) is 12.1 Å². The third-order valence-electron chi connectivity index (χ3n) is 2.59. The summed E-state index contributed by atoms with van der Waals surface area (Å²) in [4.78, 5) is 0. The first kappa shape index (κ1) is 8.85. The number of anilines is 1. The Hall–Kier alpha value is -0.730. The topological polar surface area (TPSA) is 52.0 Å². The summed E-state index contributed by atoms with van der Waals surface area (Å²) in [6.45, 7) is 0. The maximum Gasteiger partial charge on any atom is 0.0638 e. The zero-order chi connectivity index (χ0) is 9.42. The number of hydrogen-bond donors (Lipinski definition) is 2. The van der Waals surface area contributed by atoms with Crippen LogP contribution in [-0.2, 0) is 12.8 Å². The van der Waals surface area contributed by atoms with Crippen LogP contribution in [0.15, 0.2) is 12.1 Å². The van der Waals surface area contributed by atoms with Gasteiger partial charge in [0.25, 0.3) is 0 Å². The van der Waals surface area contributed by atoms with Gasteiger partial charge in [-0.05, 0) is 42.5 Å². The van der Waals surface area contributed by atoms with E-state index in [2.05, 4.69) is 0 Å². The van der Waals surface area contributed by atoms with Gasteiger partial charge in [-0.1, -0.05) is 11.6 Å². The van der Waals surface area contributed by atoms with Crippen LogP contribution in [0.4, 0.5) is 5.69 Å². The molecule has 1 aliphatic rings. The van der Waals surface area contributed by atoms with Crippen molar-refractivity contribution in [3.63, 3.8) is 0 Å². The molecular weight excluding hydrogens is 184 g/mol. The molecule has 0 fully saturated rings. The molecule has 1 aromatic carbocycles. The van der Waals surface area contributed by atoms with Gasteiger partial charge in [0.15, 0.2) is 0 Å². The van der Waals surface area contributed by atoms with Gasteiger partial charge in [-0.15, -0.1) is 0 Å². The Bertz CT molecular complexity index is 336. The first-order valence-corrected chi connectivity index (χ1v) is 4.87. The van der Waals surface area contributed by atoms with E-state index >= 15 is 0 Å². The average Bonchev–Trinajstić information content (AvgIpc) is 2.08. The van der Waals surface area contributed by atoms with E-state index in [0.29, 0.717) is 10.7 Å². The predicted molar refractivity (Wildman–Crippen MR) is 55.9 cm³/mol. The number of rotatable bonds is 0. The van der Waals surface area contributed by atoms with Crippen LogP contribution in [0.25, 0.3) is 0 Å². The fourth-order valence-corrected chi connectivity index (χ4v) is 2.01. The molecule has 2 nitrogen and oxygen atoms in total. The third kappa shape index (κ3) is 1.64. The van der Waals surface area contributed by atoms with E-state index in [4.69, 9.17) is 23.1 Å². The molecule has 2 rings (SSSR count). The van der Waals surface area contributed by atoms with Crippen molar-refractivity contribution < 1.29 is 0 Å². The number of aryl methyl sites for hydroxylation is 1. The Kier molecular flexibility index (Phi) is 2.18. The lowest BCUT2D eigenvalue weighted by atomic mass is 9.88. The van der Waals surface area contributed by atoms with E-state index < -0.39 is 0 Å². The summed E-state index contributed by atoms with van der Waals surface area (Å²) < 4.78 is 0. The average molecular weight is 197 g/mol. The van der Waals surface area contributed by atoms with Crippen molar-refractivity contribution in [1.82, 2.24) is 0 Å². The molecule has 1 aromatic rings. The van der Waals surface area contributed by atoms with Crippen molar-refractivity contribution in [3.05, 3.63) is 28.3 Å². The van der Waals surface area contributed by atoms with Crippen LogP contribution in [0.1, 0.15) is 17.5 Å².